The minimum atomic E-state index is -4.38. The molecule has 0 N–H and O–H groups in total. The Morgan fingerprint density at radius 2 is 1.90 bits per heavy atom. The summed E-state index contributed by atoms with van der Waals surface area (Å²) in [6.45, 7) is 0.120. The highest BCUT2D eigenvalue weighted by molar-refractivity contribution is 5.79. The Labute approximate surface area is 113 Å². The van der Waals surface area contributed by atoms with Crippen LogP contribution in [0.25, 0.3) is 11.3 Å². The minimum Gasteiger partial charge on any atom is -0.458 e. The lowest BCUT2D eigenvalue weighted by molar-refractivity contribution is -0.137. The molecule has 1 aromatic carbocycles. The molecule has 2 rings (SSSR count). The van der Waals surface area contributed by atoms with Gasteiger partial charge < -0.3 is 9.15 Å². The SMILES string of the molecule is COCc1oc(-c2ccc(C(F)(F)F)cc2)cc1C=O. The normalized spacial score (nSPS) is 11.6. The van der Waals surface area contributed by atoms with Gasteiger partial charge in [-0.2, -0.15) is 13.2 Å². The molecule has 1 heterocycles. The molecule has 6 heteroatoms. The Morgan fingerprint density at radius 1 is 1.25 bits per heavy atom. The third-order valence-corrected chi connectivity index (χ3v) is 2.74. The lowest BCUT2D eigenvalue weighted by Crippen LogP contribution is -2.03. The fraction of sp³-hybridized carbons (Fsp3) is 0.214. The number of furan rings is 1. The number of alkyl halides is 3. The zero-order chi connectivity index (χ0) is 14.8. The molecule has 1 aromatic heterocycles. The van der Waals surface area contributed by atoms with Crippen LogP contribution in [0.15, 0.2) is 34.7 Å². The van der Waals surface area contributed by atoms with E-state index in [2.05, 4.69) is 0 Å². The van der Waals surface area contributed by atoms with Crippen LogP contribution in [0.5, 0.6) is 0 Å². The van der Waals surface area contributed by atoms with Gasteiger partial charge in [-0.25, -0.2) is 0 Å². The Balaban J connectivity index is 2.34. The molecule has 0 radical (unpaired) electrons. The van der Waals surface area contributed by atoms with Crippen LogP contribution >= 0.6 is 0 Å². The first-order chi connectivity index (χ1) is 9.45. The molecular weight excluding hydrogens is 273 g/mol. The van der Waals surface area contributed by atoms with Crippen molar-refractivity contribution < 1.29 is 27.1 Å². The van der Waals surface area contributed by atoms with Gasteiger partial charge in [-0.1, -0.05) is 12.1 Å². The highest BCUT2D eigenvalue weighted by atomic mass is 19.4. The van der Waals surface area contributed by atoms with Gasteiger partial charge in [0.25, 0.3) is 0 Å². The van der Waals surface area contributed by atoms with Crippen LogP contribution in [-0.4, -0.2) is 13.4 Å². The molecule has 0 saturated carbocycles. The van der Waals surface area contributed by atoms with E-state index < -0.39 is 11.7 Å². The van der Waals surface area contributed by atoms with E-state index in [-0.39, 0.29) is 6.61 Å². The van der Waals surface area contributed by atoms with Crippen LogP contribution in [0.3, 0.4) is 0 Å². The number of hydrogen-bond acceptors (Lipinski definition) is 3. The van der Waals surface area contributed by atoms with Crippen molar-refractivity contribution in [2.75, 3.05) is 7.11 Å². The van der Waals surface area contributed by atoms with E-state index in [0.717, 1.165) is 12.1 Å². The number of benzene rings is 1. The predicted molar refractivity (Wildman–Crippen MR) is 65.2 cm³/mol. The highest BCUT2D eigenvalue weighted by Gasteiger charge is 2.30. The number of hydrogen-bond donors (Lipinski definition) is 0. The second kappa shape index (κ2) is 5.50. The molecule has 0 fully saturated rings. The summed E-state index contributed by atoms with van der Waals surface area (Å²) in [5.74, 6) is 0.672. The minimum absolute atomic E-state index is 0.120. The van der Waals surface area contributed by atoms with Crippen molar-refractivity contribution in [3.63, 3.8) is 0 Å². The van der Waals surface area contributed by atoms with Gasteiger partial charge in [-0.15, -0.1) is 0 Å². The van der Waals surface area contributed by atoms with Crippen molar-refractivity contribution in [3.05, 3.63) is 47.2 Å². The van der Waals surface area contributed by atoms with Gasteiger partial charge in [0.2, 0.25) is 0 Å². The summed E-state index contributed by atoms with van der Waals surface area (Å²) in [6.07, 6.45) is -3.76. The van der Waals surface area contributed by atoms with Crippen molar-refractivity contribution >= 4 is 6.29 Å². The van der Waals surface area contributed by atoms with Crippen LogP contribution < -0.4 is 0 Å². The van der Waals surface area contributed by atoms with E-state index >= 15 is 0 Å². The fourth-order valence-electron chi connectivity index (χ4n) is 1.75. The van der Waals surface area contributed by atoms with Crippen LogP contribution in [0.1, 0.15) is 21.7 Å². The van der Waals surface area contributed by atoms with E-state index in [4.69, 9.17) is 9.15 Å². The van der Waals surface area contributed by atoms with Gasteiger partial charge in [0.05, 0.1) is 11.1 Å². The maximum Gasteiger partial charge on any atom is 0.416 e. The Bertz CT molecular complexity index is 597. The molecule has 0 bridgehead atoms. The topological polar surface area (TPSA) is 39.4 Å². The molecule has 0 aliphatic heterocycles. The first kappa shape index (κ1) is 14.3. The van der Waals surface area contributed by atoms with Crippen molar-refractivity contribution in [2.45, 2.75) is 12.8 Å². The molecule has 0 saturated heterocycles. The molecule has 0 spiro atoms. The lowest BCUT2D eigenvalue weighted by Gasteiger charge is -2.06. The molecule has 20 heavy (non-hydrogen) atoms. The summed E-state index contributed by atoms with van der Waals surface area (Å²) in [7, 11) is 1.45. The van der Waals surface area contributed by atoms with Crippen molar-refractivity contribution in [1.29, 1.82) is 0 Å². The van der Waals surface area contributed by atoms with Crippen LogP contribution in [0.4, 0.5) is 13.2 Å². The maximum absolute atomic E-state index is 12.5. The fourth-order valence-corrected chi connectivity index (χ4v) is 1.75. The molecular formula is C14H11F3O3. The average Bonchev–Trinajstić information content (AvgIpc) is 2.81. The highest BCUT2D eigenvalue weighted by Crippen LogP contribution is 2.32. The molecule has 2 aromatic rings. The zero-order valence-corrected chi connectivity index (χ0v) is 10.5. The summed E-state index contributed by atoms with van der Waals surface area (Å²) in [4.78, 5) is 10.9. The number of ether oxygens (including phenoxy) is 1. The number of carbonyl (C=O) groups excluding carboxylic acids is 1. The van der Waals surface area contributed by atoms with E-state index in [1.165, 1.54) is 25.3 Å². The Morgan fingerprint density at radius 3 is 2.40 bits per heavy atom. The number of rotatable bonds is 4. The van der Waals surface area contributed by atoms with E-state index in [9.17, 15) is 18.0 Å². The summed E-state index contributed by atoms with van der Waals surface area (Å²) >= 11 is 0. The van der Waals surface area contributed by atoms with Crippen molar-refractivity contribution in [2.24, 2.45) is 0 Å². The van der Waals surface area contributed by atoms with Gasteiger partial charge in [0.15, 0.2) is 6.29 Å². The van der Waals surface area contributed by atoms with Crippen LogP contribution in [0, 0.1) is 0 Å². The van der Waals surface area contributed by atoms with E-state index in [0.29, 0.717) is 28.9 Å². The second-order valence-corrected chi connectivity index (χ2v) is 4.12. The van der Waals surface area contributed by atoms with Crippen LogP contribution in [-0.2, 0) is 17.5 Å². The monoisotopic (exact) mass is 284 g/mol. The second-order valence-electron chi connectivity index (χ2n) is 4.12. The largest absolute Gasteiger partial charge is 0.458 e. The number of aldehydes is 1. The summed E-state index contributed by atoms with van der Waals surface area (Å²) in [5, 5.41) is 0. The zero-order valence-electron chi connectivity index (χ0n) is 10.5. The van der Waals surface area contributed by atoms with Gasteiger partial charge in [0, 0.05) is 12.7 Å². The predicted octanol–water partition coefficient (Wildman–Crippen LogP) is 3.92. The third kappa shape index (κ3) is 2.91. The number of halogens is 3. The molecule has 0 atom stereocenters. The lowest BCUT2D eigenvalue weighted by atomic mass is 10.1. The molecule has 0 unspecified atom stereocenters. The standard InChI is InChI=1S/C14H11F3O3/c1-19-8-13-10(7-18)6-12(20-13)9-2-4-11(5-3-9)14(15,16)17/h2-7H,8H2,1H3. The summed E-state index contributed by atoms with van der Waals surface area (Å²) < 4.78 is 47.7. The third-order valence-electron chi connectivity index (χ3n) is 2.74. The van der Waals surface area contributed by atoms with Gasteiger partial charge in [-0.05, 0) is 18.2 Å². The molecule has 106 valence electrons. The quantitative estimate of drug-likeness (QED) is 0.799. The Hall–Kier alpha value is -2.08. The summed E-state index contributed by atoms with van der Waals surface area (Å²) in [5.41, 5.74) is 0.0470. The number of methoxy groups -OCH3 is 1. The smallest absolute Gasteiger partial charge is 0.416 e. The first-order valence-electron chi connectivity index (χ1n) is 5.70. The number of carbonyl (C=O) groups is 1. The van der Waals surface area contributed by atoms with Gasteiger partial charge >= 0.3 is 6.18 Å². The van der Waals surface area contributed by atoms with Crippen molar-refractivity contribution in [1.82, 2.24) is 0 Å². The Kier molecular flexibility index (Phi) is 3.94. The van der Waals surface area contributed by atoms with Gasteiger partial charge in [0.1, 0.15) is 18.1 Å². The molecule has 0 aliphatic carbocycles. The molecule has 0 aliphatic rings. The molecule has 0 amide bonds. The molecule has 3 nitrogen and oxygen atoms in total. The maximum atomic E-state index is 12.5. The van der Waals surface area contributed by atoms with E-state index in [1.807, 2.05) is 0 Å². The van der Waals surface area contributed by atoms with E-state index in [1.54, 1.807) is 0 Å². The van der Waals surface area contributed by atoms with Crippen molar-refractivity contribution in [3.8, 4) is 11.3 Å². The first-order valence-corrected chi connectivity index (χ1v) is 5.70. The van der Waals surface area contributed by atoms with Gasteiger partial charge in [-0.3, -0.25) is 4.79 Å². The van der Waals surface area contributed by atoms with Crippen LogP contribution in [0.2, 0.25) is 0 Å². The summed E-state index contributed by atoms with van der Waals surface area (Å²) in [6, 6.07) is 6.01. The average molecular weight is 284 g/mol.